The molecule has 1 fully saturated rings. The minimum absolute atomic E-state index is 0.0391. The first-order valence-corrected chi connectivity index (χ1v) is 12.2. The molecule has 0 aromatic carbocycles. The van der Waals surface area contributed by atoms with Crippen LogP contribution in [0.3, 0.4) is 0 Å². The second-order valence-corrected chi connectivity index (χ2v) is 9.27. The van der Waals surface area contributed by atoms with E-state index in [0.717, 1.165) is 45.0 Å². The monoisotopic (exact) mass is 420 g/mol. The number of nitrogens with one attached hydrogen (secondary N) is 1. The Hall–Kier alpha value is -0.900. The molecule has 0 saturated carbocycles. The first-order chi connectivity index (χ1) is 13.4. The topological polar surface area (TPSA) is 83.5 Å². The molecular formula is C19H40N4O4S. The Balaban J connectivity index is 2.43. The highest BCUT2D eigenvalue weighted by Crippen LogP contribution is 2.09. The smallest absolute Gasteiger partial charge is 0.216 e. The molecule has 1 aliphatic rings. The molecule has 8 nitrogen and oxygen atoms in total. The van der Waals surface area contributed by atoms with Gasteiger partial charge < -0.3 is 19.7 Å². The first-order valence-electron chi connectivity index (χ1n) is 10.6. The number of nitrogens with zero attached hydrogens (tertiary/aromatic N) is 3. The van der Waals surface area contributed by atoms with Gasteiger partial charge in [0, 0.05) is 52.5 Å². The van der Waals surface area contributed by atoms with Crippen molar-refractivity contribution in [2.45, 2.75) is 53.1 Å². The minimum atomic E-state index is -3.27. The van der Waals surface area contributed by atoms with Gasteiger partial charge in [-0.2, -0.15) is 4.31 Å². The van der Waals surface area contributed by atoms with E-state index >= 15 is 0 Å². The van der Waals surface area contributed by atoms with Gasteiger partial charge in [-0.25, -0.2) is 8.42 Å². The fourth-order valence-electron chi connectivity index (χ4n) is 2.82. The number of guanidine groups is 1. The van der Waals surface area contributed by atoms with E-state index in [1.165, 1.54) is 0 Å². The van der Waals surface area contributed by atoms with E-state index in [-0.39, 0.29) is 18.5 Å². The van der Waals surface area contributed by atoms with Crippen LogP contribution in [0.25, 0.3) is 0 Å². The summed E-state index contributed by atoms with van der Waals surface area (Å²) in [5, 5.41) is 3.31. The van der Waals surface area contributed by atoms with Crippen molar-refractivity contribution in [3.63, 3.8) is 0 Å². The highest BCUT2D eigenvalue weighted by atomic mass is 32.2. The summed E-state index contributed by atoms with van der Waals surface area (Å²) in [6.07, 6.45) is 3.18. The molecule has 1 N–H and O–H groups in total. The molecule has 9 heteroatoms. The summed E-state index contributed by atoms with van der Waals surface area (Å²) in [6.45, 7) is 13.5. The lowest BCUT2D eigenvalue weighted by atomic mass is 10.3. The highest BCUT2D eigenvalue weighted by Gasteiger charge is 2.27. The van der Waals surface area contributed by atoms with Crippen LogP contribution in [0.1, 0.15) is 47.0 Å². The molecule has 0 atom stereocenters. The Kier molecular flexibility index (Phi) is 12.7. The fraction of sp³-hybridized carbons (Fsp3) is 0.947. The number of hydrogen-bond acceptors (Lipinski definition) is 5. The van der Waals surface area contributed by atoms with Crippen LogP contribution in [-0.2, 0) is 19.5 Å². The lowest BCUT2D eigenvalue weighted by Crippen LogP contribution is -2.54. The molecule has 0 aromatic heterocycles. The minimum Gasteiger partial charge on any atom is -0.381 e. The lowest BCUT2D eigenvalue weighted by Gasteiger charge is -2.36. The average molecular weight is 421 g/mol. The summed E-state index contributed by atoms with van der Waals surface area (Å²) in [7, 11) is -3.27. The third-order valence-electron chi connectivity index (χ3n) is 4.41. The van der Waals surface area contributed by atoms with Crippen LogP contribution in [-0.4, -0.2) is 94.5 Å². The van der Waals surface area contributed by atoms with Gasteiger partial charge in [-0.3, -0.25) is 4.99 Å². The number of ether oxygens (including phenoxy) is 2. The second kappa shape index (κ2) is 14.1. The number of unbranched alkanes of at least 4 members (excludes halogenated alkanes) is 1. The molecule has 0 aliphatic carbocycles. The molecule has 0 amide bonds. The van der Waals surface area contributed by atoms with E-state index in [2.05, 4.69) is 22.1 Å². The van der Waals surface area contributed by atoms with Crippen molar-refractivity contribution in [1.29, 1.82) is 0 Å². The van der Waals surface area contributed by atoms with Gasteiger partial charge in [0.25, 0.3) is 0 Å². The van der Waals surface area contributed by atoms with Crippen molar-refractivity contribution in [2.75, 3.05) is 64.8 Å². The van der Waals surface area contributed by atoms with E-state index in [4.69, 9.17) is 9.47 Å². The van der Waals surface area contributed by atoms with Gasteiger partial charge in [-0.1, -0.05) is 13.3 Å². The zero-order valence-corrected chi connectivity index (χ0v) is 19.0. The van der Waals surface area contributed by atoms with E-state index in [9.17, 15) is 8.42 Å². The normalized spacial score (nSPS) is 16.8. The quantitative estimate of drug-likeness (QED) is 0.276. The standard InChI is InChI=1S/C19H40N4O4S/c1-5-7-14-26-15-8-9-21-19(20-6-2)22-10-12-23(13-11-22)28(24,25)17-16-27-18(3)4/h18H,5-17H2,1-4H3,(H,20,21). The number of piperazine rings is 1. The molecule has 28 heavy (non-hydrogen) atoms. The molecule has 0 spiro atoms. The van der Waals surface area contributed by atoms with Gasteiger partial charge in [-0.15, -0.1) is 0 Å². The molecule has 1 heterocycles. The zero-order chi connectivity index (χ0) is 20.8. The predicted molar refractivity (Wildman–Crippen MR) is 114 cm³/mol. The summed E-state index contributed by atoms with van der Waals surface area (Å²) in [6, 6.07) is 0. The van der Waals surface area contributed by atoms with Crippen molar-refractivity contribution < 1.29 is 17.9 Å². The van der Waals surface area contributed by atoms with Crippen LogP contribution >= 0.6 is 0 Å². The van der Waals surface area contributed by atoms with Gasteiger partial charge in [0.2, 0.25) is 10.0 Å². The molecule has 0 unspecified atom stereocenters. The van der Waals surface area contributed by atoms with Crippen molar-refractivity contribution >= 4 is 16.0 Å². The molecule has 0 aromatic rings. The van der Waals surface area contributed by atoms with E-state index in [1.54, 1.807) is 4.31 Å². The van der Waals surface area contributed by atoms with Crippen LogP contribution in [0, 0.1) is 0 Å². The third-order valence-corrected chi connectivity index (χ3v) is 6.24. The molecule has 1 saturated heterocycles. The summed E-state index contributed by atoms with van der Waals surface area (Å²) in [5.41, 5.74) is 0. The fourth-order valence-corrected chi connectivity index (χ4v) is 4.11. The van der Waals surface area contributed by atoms with Crippen LogP contribution in [0.2, 0.25) is 0 Å². The zero-order valence-electron chi connectivity index (χ0n) is 18.2. The predicted octanol–water partition coefficient (Wildman–Crippen LogP) is 1.53. The van der Waals surface area contributed by atoms with Gasteiger partial charge >= 0.3 is 0 Å². The Bertz CT molecular complexity index is 532. The van der Waals surface area contributed by atoms with Gasteiger partial charge in [-0.05, 0) is 33.6 Å². The number of rotatable bonds is 13. The summed E-state index contributed by atoms with van der Waals surface area (Å²) in [4.78, 5) is 6.81. The van der Waals surface area contributed by atoms with Crippen LogP contribution < -0.4 is 5.32 Å². The maximum absolute atomic E-state index is 12.5. The maximum atomic E-state index is 12.5. The maximum Gasteiger partial charge on any atom is 0.216 e. The molecule has 1 aliphatic heterocycles. The van der Waals surface area contributed by atoms with Gasteiger partial charge in [0.1, 0.15) is 0 Å². The number of sulfonamides is 1. The molecular weight excluding hydrogens is 380 g/mol. The number of hydrogen-bond donors (Lipinski definition) is 1. The summed E-state index contributed by atoms with van der Waals surface area (Å²) in [5.74, 6) is 0.897. The Morgan fingerprint density at radius 2 is 1.75 bits per heavy atom. The lowest BCUT2D eigenvalue weighted by molar-refractivity contribution is 0.0904. The van der Waals surface area contributed by atoms with Crippen molar-refractivity contribution in [3.05, 3.63) is 0 Å². The first kappa shape index (κ1) is 25.1. The van der Waals surface area contributed by atoms with Gasteiger partial charge in [0.05, 0.1) is 18.5 Å². The Labute approximate surface area is 171 Å². The van der Waals surface area contributed by atoms with Crippen molar-refractivity contribution in [2.24, 2.45) is 4.99 Å². The highest BCUT2D eigenvalue weighted by molar-refractivity contribution is 7.89. The van der Waals surface area contributed by atoms with E-state index < -0.39 is 10.0 Å². The Morgan fingerprint density at radius 1 is 1.07 bits per heavy atom. The van der Waals surface area contributed by atoms with Crippen molar-refractivity contribution in [3.8, 4) is 0 Å². The Morgan fingerprint density at radius 3 is 2.36 bits per heavy atom. The van der Waals surface area contributed by atoms with Crippen molar-refractivity contribution in [1.82, 2.24) is 14.5 Å². The van der Waals surface area contributed by atoms with E-state index in [0.29, 0.717) is 32.7 Å². The summed E-state index contributed by atoms with van der Waals surface area (Å²) < 4.78 is 37.4. The van der Waals surface area contributed by atoms with Crippen LogP contribution in [0.4, 0.5) is 0 Å². The third kappa shape index (κ3) is 10.0. The number of aliphatic imine (C=N–C) groups is 1. The molecule has 0 bridgehead atoms. The van der Waals surface area contributed by atoms with E-state index in [1.807, 2.05) is 20.8 Å². The molecule has 1 rings (SSSR count). The van der Waals surface area contributed by atoms with Crippen LogP contribution in [0.15, 0.2) is 4.99 Å². The van der Waals surface area contributed by atoms with Gasteiger partial charge in [0.15, 0.2) is 5.96 Å². The largest absolute Gasteiger partial charge is 0.381 e. The SMILES string of the molecule is CCCCOCCCN=C(NCC)N1CCN(S(=O)(=O)CCOC(C)C)CC1. The van der Waals surface area contributed by atoms with Crippen LogP contribution in [0.5, 0.6) is 0 Å². The molecule has 0 radical (unpaired) electrons. The average Bonchev–Trinajstić information content (AvgIpc) is 2.66. The second-order valence-electron chi connectivity index (χ2n) is 7.18. The summed E-state index contributed by atoms with van der Waals surface area (Å²) >= 11 is 0. The molecule has 166 valence electrons.